The van der Waals surface area contributed by atoms with E-state index in [1.54, 1.807) is 12.1 Å². The van der Waals surface area contributed by atoms with Gasteiger partial charge in [-0.25, -0.2) is 0 Å². The fourth-order valence-corrected chi connectivity index (χ4v) is 2.37. The zero-order chi connectivity index (χ0) is 16.0. The van der Waals surface area contributed by atoms with Gasteiger partial charge in [0, 0.05) is 25.2 Å². The largest absolute Gasteiger partial charge is 0.496 e. The lowest BCUT2D eigenvalue weighted by Gasteiger charge is -2.30. The highest BCUT2D eigenvalue weighted by Gasteiger charge is 2.16. The monoisotopic (exact) mass is 295 g/mol. The molecule has 0 aliphatic carbocycles. The fraction of sp³-hybridized carbons (Fsp3) is 0.600. The minimum Gasteiger partial charge on any atom is -0.496 e. The Morgan fingerprint density at radius 1 is 1.29 bits per heavy atom. The summed E-state index contributed by atoms with van der Waals surface area (Å²) in [4.78, 5) is 13.0. The van der Waals surface area contributed by atoms with Gasteiger partial charge in [-0.1, -0.05) is 0 Å². The maximum absolute atomic E-state index is 11.1. The van der Waals surface area contributed by atoms with Crippen molar-refractivity contribution in [3.63, 3.8) is 0 Å². The summed E-state index contributed by atoms with van der Waals surface area (Å²) >= 11 is 0. The van der Waals surface area contributed by atoms with Crippen LogP contribution in [0.3, 0.4) is 0 Å². The van der Waals surface area contributed by atoms with E-state index in [9.17, 15) is 10.1 Å². The number of anilines is 1. The lowest BCUT2D eigenvalue weighted by Crippen LogP contribution is -2.40. The van der Waals surface area contributed by atoms with Gasteiger partial charge in [-0.15, -0.1) is 0 Å². The zero-order valence-electron chi connectivity index (χ0n) is 13.4. The van der Waals surface area contributed by atoms with Gasteiger partial charge in [0.2, 0.25) is 0 Å². The zero-order valence-corrected chi connectivity index (χ0v) is 13.4. The fourth-order valence-electron chi connectivity index (χ4n) is 2.37. The molecule has 118 valence electrons. The summed E-state index contributed by atoms with van der Waals surface area (Å²) in [7, 11) is 1.50. The predicted molar refractivity (Wildman–Crippen MR) is 85.1 cm³/mol. The second-order valence-corrected chi connectivity index (χ2v) is 5.49. The van der Waals surface area contributed by atoms with Crippen molar-refractivity contribution in [1.82, 2.24) is 4.90 Å². The van der Waals surface area contributed by atoms with Gasteiger partial charge in [0.1, 0.15) is 11.4 Å². The van der Waals surface area contributed by atoms with Crippen LogP contribution in [0.2, 0.25) is 0 Å². The standard InChI is InChI=1S/C15H25N3O3/c1-11(2)17(12(3)4)9-8-16-14-7-6-13(21-5)10-15(14)18(19)20/h6-7,10-12,16H,8-9H2,1-5H3. The van der Waals surface area contributed by atoms with Crippen LogP contribution >= 0.6 is 0 Å². The lowest BCUT2D eigenvalue weighted by atomic mass is 10.2. The average Bonchev–Trinajstić information content (AvgIpc) is 2.42. The van der Waals surface area contributed by atoms with Crippen molar-refractivity contribution in [1.29, 1.82) is 0 Å². The highest BCUT2D eigenvalue weighted by molar-refractivity contribution is 5.63. The maximum atomic E-state index is 11.1. The van der Waals surface area contributed by atoms with E-state index < -0.39 is 4.92 Å². The van der Waals surface area contributed by atoms with Crippen LogP contribution in [0.4, 0.5) is 11.4 Å². The van der Waals surface area contributed by atoms with Gasteiger partial charge < -0.3 is 10.1 Å². The topological polar surface area (TPSA) is 67.6 Å². The van der Waals surface area contributed by atoms with E-state index in [-0.39, 0.29) is 5.69 Å². The third-order valence-electron chi connectivity index (χ3n) is 3.41. The van der Waals surface area contributed by atoms with Crippen LogP contribution in [-0.4, -0.2) is 42.1 Å². The first-order valence-electron chi connectivity index (χ1n) is 7.18. The van der Waals surface area contributed by atoms with E-state index in [0.29, 0.717) is 30.1 Å². The molecule has 0 aliphatic heterocycles. The Morgan fingerprint density at radius 3 is 2.38 bits per heavy atom. The number of hydrogen-bond donors (Lipinski definition) is 1. The Balaban J connectivity index is 2.73. The van der Waals surface area contributed by atoms with Crippen LogP contribution in [-0.2, 0) is 0 Å². The summed E-state index contributed by atoms with van der Waals surface area (Å²) in [5.74, 6) is 0.484. The van der Waals surface area contributed by atoms with Gasteiger partial charge in [-0.3, -0.25) is 15.0 Å². The highest BCUT2D eigenvalue weighted by atomic mass is 16.6. The van der Waals surface area contributed by atoms with Crippen molar-refractivity contribution in [3.8, 4) is 5.75 Å². The van der Waals surface area contributed by atoms with Crippen molar-refractivity contribution < 1.29 is 9.66 Å². The van der Waals surface area contributed by atoms with E-state index >= 15 is 0 Å². The molecule has 1 N–H and O–H groups in total. The first kappa shape index (κ1) is 17.2. The van der Waals surface area contributed by atoms with E-state index in [2.05, 4.69) is 37.9 Å². The van der Waals surface area contributed by atoms with Gasteiger partial charge >= 0.3 is 0 Å². The number of nitrogens with one attached hydrogen (secondary N) is 1. The van der Waals surface area contributed by atoms with Crippen LogP contribution < -0.4 is 10.1 Å². The molecule has 0 bridgehead atoms. The van der Waals surface area contributed by atoms with Gasteiger partial charge in [0.15, 0.2) is 0 Å². The summed E-state index contributed by atoms with van der Waals surface area (Å²) < 4.78 is 5.03. The molecule has 0 aromatic heterocycles. The number of hydrogen-bond acceptors (Lipinski definition) is 5. The average molecular weight is 295 g/mol. The van der Waals surface area contributed by atoms with E-state index in [0.717, 1.165) is 6.54 Å². The number of nitro groups is 1. The highest BCUT2D eigenvalue weighted by Crippen LogP contribution is 2.28. The van der Waals surface area contributed by atoms with Gasteiger partial charge in [0.25, 0.3) is 5.69 Å². The van der Waals surface area contributed by atoms with E-state index in [1.165, 1.54) is 13.2 Å². The van der Waals surface area contributed by atoms with Crippen LogP contribution in [0.25, 0.3) is 0 Å². The SMILES string of the molecule is COc1ccc(NCCN(C(C)C)C(C)C)c([N+](=O)[O-])c1. The van der Waals surface area contributed by atoms with Crippen molar-refractivity contribution in [2.24, 2.45) is 0 Å². The first-order valence-corrected chi connectivity index (χ1v) is 7.18. The van der Waals surface area contributed by atoms with Crippen LogP contribution in [0, 0.1) is 10.1 Å². The summed E-state index contributed by atoms with van der Waals surface area (Å²) in [5, 5.41) is 14.3. The first-order chi connectivity index (χ1) is 9.86. The molecular formula is C15H25N3O3. The number of nitro benzene ring substituents is 1. The maximum Gasteiger partial charge on any atom is 0.296 e. The van der Waals surface area contributed by atoms with Crippen LogP contribution in [0.15, 0.2) is 18.2 Å². The number of methoxy groups -OCH3 is 1. The van der Waals surface area contributed by atoms with Crippen LogP contribution in [0.1, 0.15) is 27.7 Å². The molecule has 0 saturated heterocycles. The van der Waals surface area contributed by atoms with Gasteiger partial charge in [0.05, 0.1) is 18.1 Å². The van der Waals surface area contributed by atoms with Crippen molar-refractivity contribution in [3.05, 3.63) is 28.3 Å². The minimum absolute atomic E-state index is 0.0370. The molecule has 0 heterocycles. The summed E-state index contributed by atoms with van der Waals surface area (Å²) in [6.07, 6.45) is 0. The molecule has 1 rings (SSSR count). The van der Waals surface area contributed by atoms with Crippen molar-refractivity contribution >= 4 is 11.4 Å². The van der Waals surface area contributed by atoms with Gasteiger partial charge in [-0.05, 0) is 39.8 Å². The predicted octanol–water partition coefficient (Wildman–Crippen LogP) is 3.13. The molecule has 6 heteroatoms. The molecule has 0 fully saturated rings. The second kappa shape index (κ2) is 7.83. The lowest BCUT2D eigenvalue weighted by molar-refractivity contribution is -0.384. The molecule has 6 nitrogen and oxygen atoms in total. The normalized spacial score (nSPS) is 11.2. The number of benzene rings is 1. The Labute approximate surface area is 126 Å². The Morgan fingerprint density at radius 2 is 1.90 bits per heavy atom. The second-order valence-electron chi connectivity index (χ2n) is 5.49. The Bertz CT molecular complexity index is 467. The molecule has 0 aliphatic rings. The molecule has 0 saturated carbocycles. The summed E-state index contributed by atoms with van der Waals surface area (Å²) in [6.45, 7) is 10.1. The molecule has 21 heavy (non-hydrogen) atoms. The van der Waals surface area contributed by atoms with E-state index in [4.69, 9.17) is 4.74 Å². The molecule has 0 amide bonds. The minimum atomic E-state index is -0.395. The van der Waals surface area contributed by atoms with E-state index in [1.807, 2.05) is 0 Å². The molecule has 0 spiro atoms. The third-order valence-corrected chi connectivity index (χ3v) is 3.41. The van der Waals surface area contributed by atoms with Crippen molar-refractivity contribution in [2.75, 3.05) is 25.5 Å². The smallest absolute Gasteiger partial charge is 0.296 e. The van der Waals surface area contributed by atoms with Gasteiger partial charge in [-0.2, -0.15) is 0 Å². The number of rotatable bonds is 8. The van der Waals surface area contributed by atoms with Crippen molar-refractivity contribution in [2.45, 2.75) is 39.8 Å². The summed E-state index contributed by atoms with van der Waals surface area (Å²) in [6, 6.07) is 5.73. The number of nitrogens with zero attached hydrogens (tertiary/aromatic N) is 2. The molecule has 1 aromatic rings. The molecule has 1 aromatic carbocycles. The van der Waals surface area contributed by atoms with Crippen LogP contribution in [0.5, 0.6) is 5.75 Å². The third kappa shape index (κ3) is 4.90. The Kier molecular flexibility index (Phi) is 6.42. The number of ether oxygens (including phenoxy) is 1. The molecule has 0 atom stereocenters. The Hall–Kier alpha value is -1.82. The molecule has 0 radical (unpaired) electrons. The summed E-state index contributed by atoms with van der Waals surface area (Å²) in [5.41, 5.74) is 0.559. The molecule has 0 unspecified atom stereocenters. The molecular weight excluding hydrogens is 270 g/mol. The quantitative estimate of drug-likeness (QED) is 0.589.